The summed E-state index contributed by atoms with van der Waals surface area (Å²) < 4.78 is 32.5. The summed E-state index contributed by atoms with van der Waals surface area (Å²) >= 11 is 0. The Morgan fingerprint density at radius 1 is 1.26 bits per heavy atom. The fraction of sp³-hybridized carbons (Fsp3) is 0.538. The van der Waals surface area contributed by atoms with Gasteiger partial charge >= 0.3 is 0 Å². The van der Waals surface area contributed by atoms with Crippen LogP contribution in [-0.4, -0.2) is 34.7 Å². The SMILES string of the molecule is CNCc1ccccc1S(=O)(=O)NC(C)(C)COC. The van der Waals surface area contributed by atoms with E-state index in [1.54, 1.807) is 46.2 Å². The second-order valence-electron chi connectivity index (χ2n) is 5.06. The summed E-state index contributed by atoms with van der Waals surface area (Å²) in [5.41, 5.74) is 0.0890. The number of rotatable bonds is 7. The van der Waals surface area contributed by atoms with E-state index < -0.39 is 15.6 Å². The van der Waals surface area contributed by atoms with Gasteiger partial charge in [-0.05, 0) is 32.5 Å². The molecule has 0 amide bonds. The Kier molecular flexibility index (Phi) is 5.49. The van der Waals surface area contributed by atoms with Crippen molar-refractivity contribution in [1.82, 2.24) is 10.0 Å². The van der Waals surface area contributed by atoms with Gasteiger partial charge in [0.05, 0.1) is 17.0 Å². The topological polar surface area (TPSA) is 67.4 Å². The zero-order valence-electron chi connectivity index (χ0n) is 11.9. The van der Waals surface area contributed by atoms with Crippen LogP contribution in [0.15, 0.2) is 29.2 Å². The lowest BCUT2D eigenvalue weighted by Gasteiger charge is -2.25. The summed E-state index contributed by atoms with van der Waals surface area (Å²) in [4.78, 5) is 0.300. The van der Waals surface area contributed by atoms with Crippen LogP contribution in [-0.2, 0) is 21.3 Å². The summed E-state index contributed by atoms with van der Waals surface area (Å²) in [6, 6.07) is 6.95. The first kappa shape index (κ1) is 16.1. The lowest BCUT2D eigenvalue weighted by Crippen LogP contribution is -2.46. The molecule has 1 rings (SSSR count). The minimum atomic E-state index is -3.56. The van der Waals surface area contributed by atoms with E-state index in [-0.39, 0.29) is 0 Å². The lowest BCUT2D eigenvalue weighted by molar-refractivity contribution is 0.141. The largest absolute Gasteiger partial charge is 0.383 e. The van der Waals surface area contributed by atoms with Crippen LogP contribution < -0.4 is 10.0 Å². The minimum absolute atomic E-state index is 0.300. The molecule has 2 N–H and O–H groups in total. The van der Waals surface area contributed by atoms with Crippen LogP contribution in [0.3, 0.4) is 0 Å². The molecule has 0 bridgehead atoms. The van der Waals surface area contributed by atoms with E-state index >= 15 is 0 Å². The Balaban J connectivity index is 3.07. The number of hydrogen-bond donors (Lipinski definition) is 2. The van der Waals surface area contributed by atoms with Gasteiger partial charge in [0, 0.05) is 13.7 Å². The molecule has 0 atom stereocenters. The molecule has 0 aliphatic rings. The van der Waals surface area contributed by atoms with Crippen molar-refractivity contribution in [1.29, 1.82) is 0 Å². The molecule has 0 heterocycles. The average molecular weight is 286 g/mol. The summed E-state index contributed by atoms with van der Waals surface area (Å²) in [6.45, 7) is 4.38. The van der Waals surface area contributed by atoms with Gasteiger partial charge in [-0.2, -0.15) is 0 Å². The van der Waals surface area contributed by atoms with Crippen molar-refractivity contribution in [2.75, 3.05) is 20.8 Å². The highest BCUT2D eigenvalue weighted by Gasteiger charge is 2.27. The van der Waals surface area contributed by atoms with Crippen LogP contribution in [0, 0.1) is 0 Å². The normalized spacial score (nSPS) is 12.6. The molecule has 0 spiro atoms. The van der Waals surface area contributed by atoms with Crippen molar-refractivity contribution in [2.45, 2.75) is 30.8 Å². The molecule has 1 aromatic carbocycles. The van der Waals surface area contributed by atoms with E-state index in [2.05, 4.69) is 10.0 Å². The van der Waals surface area contributed by atoms with Gasteiger partial charge in [0.25, 0.3) is 0 Å². The third-order valence-electron chi connectivity index (χ3n) is 2.55. The van der Waals surface area contributed by atoms with Crippen LogP contribution in [0.2, 0.25) is 0 Å². The number of sulfonamides is 1. The number of methoxy groups -OCH3 is 1. The molecule has 0 saturated heterocycles. The van der Waals surface area contributed by atoms with Crippen molar-refractivity contribution in [3.05, 3.63) is 29.8 Å². The number of hydrogen-bond acceptors (Lipinski definition) is 4. The maximum absolute atomic E-state index is 12.4. The maximum Gasteiger partial charge on any atom is 0.241 e. The van der Waals surface area contributed by atoms with Crippen LogP contribution in [0.1, 0.15) is 19.4 Å². The van der Waals surface area contributed by atoms with E-state index in [0.717, 1.165) is 5.56 Å². The van der Waals surface area contributed by atoms with Crippen molar-refractivity contribution >= 4 is 10.0 Å². The molecule has 108 valence electrons. The van der Waals surface area contributed by atoms with Crippen LogP contribution in [0.4, 0.5) is 0 Å². The van der Waals surface area contributed by atoms with Gasteiger partial charge in [0.15, 0.2) is 0 Å². The summed E-state index contributed by atoms with van der Waals surface area (Å²) in [5.74, 6) is 0. The van der Waals surface area contributed by atoms with Gasteiger partial charge < -0.3 is 10.1 Å². The first-order chi connectivity index (χ1) is 8.82. The molecule has 0 fully saturated rings. The van der Waals surface area contributed by atoms with Gasteiger partial charge in [-0.1, -0.05) is 18.2 Å². The molecular weight excluding hydrogens is 264 g/mol. The molecule has 0 unspecified atom stereocenters. The molecular formula is C13H22N2O3S. The second kappa shape index (κ2) is 6.47. The number of ether oxygens (including phenoxy) is 1. The molecule has 0 radical (unpaired) electrons. The molecule has 1 aromatic rings. The quantitative estimate of drug-likeness (QED) is 0.788. The van der Waals surface area contributed by atoms with Crippen LogP contribution in [0.25, 0.3) is 0 Å². The Morgan fingerprint density at radius 3 is 2.47 bits per heavy atom. The van der Waals surface area contributed by atoms with E-state index in [9.17, 15) is 8.42 Å². The highest BCUT2D eigenvalue weighted by molar-refractivity contribution is 7.89. The van der Waals surface area contributed by atoms with Crippen molar-refractivity contribution < 1.29 is 13.2 Å². The smallest absolute Gasteiger partial charge is 0.241 e. The Hall–Kier alpha value is -0.950. The van der Waals surface area contributed by atoms with Gasteiger partial charge in [-0.25, -0.2) is 13.1 Å². The van der Waals surface area contributed by atoms with Gasteiger partial charge in [0.2, 0.25) is 10.0 Å². The number of benzene rings is 1. The van der Waals surface area contributed by atoms with Crippen molar-refractivity contribution in [2.24, 2.45) is 0 Å². The predicted molar refractivity (Wildman–Crippen MR) is 75.5 cm³/mol. The van der Waals surface area contributed by atoms with Crippen molar-refractivity contribution in [3.63, 3.8) is 0 Å². The first-order valence-electron chi connectivity index (χ1n) is 6.08. The predicted octanol–water partition coefficient (Wildman–Crippen LogP) is 1.11. The summed E-state index contributed by atoms with van der Waals surface area (Å²) in [7, 11) is -0.233. The molecule has 0 aliphatic carbocycles. The highest BCUT2D eigenvalue weighted by atomic mass is 32.2. The standard InChI is InChI=1S/C13H22N2O3S/c1-13(2,10-18-4)15-19(16,17)12-8-6-5-7-11(12)9-14-3/h5-8,14-15H,9-10H2,1-4H3. The summed E-state index contributed by atoms with van der Waals surface area (Å²) in [5, 5.41) is 2.97. The second-order valence-corrected chi connectivity index (χ2v) is 6.71. The first-order valence-corrected chi connectivity index (χ1v) is 7.56. The van der Waals surface area contributed by atoms with E-state index in [1.165, 1.54) is 0 Å². The minimum Gasteiger partial charge on any atom is -0.383 e. The Morgan fingerprint density at radius 2 is 1.89 bits per heavy atom. The fourth-order valence-corrected chi connectivity index (χ4v) is 3.55. The van der Waals surface area contributed by atoms with Crippen LogP contribution >= 0.6 is 0 Å². The van der Waals surface area contributed by atoms with Gasteiger partial charge in [0.1, 0.15) is 0 Å². The molecule has 5 nitrogen and oxygen atoms in total. The Labute approximate surface area is 115 Å². The van der Waals surface area contributed by atoms with E-state index in [1.807, 2.05) is 6.07 Å². The molecule has 0 saturated carbocycles. The molecule has 19 heavy (non-hydrogen) atoms. The lowest BCUT2D eigenvalue weighted by atomic mass is 10.1. The molecule has 0 aromatic heterocycles. The monoisotopic (exact) mass is 286 g/mol. The third kappa shape index (κ3) is 4.58. The van der Waals surface area contributed by atoms with Gasteiger partial charge in [-0.15, -0.1) is 0 Å². The zero-order chi connectivity index (χ0) is 14.5. The Bertz CT molecular complexity index is 512. The van der Waals surface area contributed by atoms with E-state index in [0.29, 0.717) is 18.0 Å². The third-order valence-corrected chi connectivity index (χ3v) is 4.34. The number of nitrogens with one attached hydrogen (secondary N) is 2. The van der Waals surface area contributed by atoms with E-state index in [4.69, 9.17) is 4.74 Å². The zero-order valence-corrected chi connectivity index (χ0v) is 12.7. The van der Waals surface area contributed by atoms with Crippen LogP contribution in [0.5, 0.6) is 0 Å². The maximum atomic E-state index is 12.4. The van der Waals surface area contributed by atoms with Gasteiger partial charge in [-0.3, -0.25) is 0 Å². The molecule has 6 heteroatoms. The highest BCUT2D eigenvalue weighted by Crippen LogP contribution is 2.17. The average Bonchev–Trinajstić information content (AvgIpc) is 2.28. The van der Waals surface area contributed by atoms with Crippen molar-refractivity contribution in [3.8, 4) is 0 Å². The summed E-state index contributed by atoms with van der Waals surface area (Å²) in [6.07, 6.45) is 0. The molecule has 0 aliphatic heterocycles. The fourth-order valence-electron chi connectivity index (χ4n) is 1.91.